The van der Waals surface area contributed by atoms with Crippen LogP contribution in [0.1, 0.15) is 6.92 Å². The number of hydrogen-bond donors (Lipinski definition) is 2. The summed E-state index contributed by atoms with van der Waals surface area (Å²) in [6, 6.07) is 6.25. The first kappa shape index (κ1) is 16.9. The van der Waals surface area contributed by atoms with E-state index in [1.807, 2.05) is 6.92 Å². The lowest BCUT2D eigenvalue weighted by molar-refractivity contribution is 0.161. The minimum Gasteiger partial charge on any atom is -0.492 e. The zero-order chi connectivity index (χ0) is 15.0. The zero-order valence-corrected chi connectivity index (χ0v) is 12.7. The molecular weight excluding hydrogens is 280 g/mol. The van der Waals surface area contributed by atoms with Crippen LogP contribution in [0.5, 0.6) is 5.75 Å². The number of rotatable bonds is 9. The molecule has 0 amide bonds. The maximum absolute atomic E-state index is 12.1. The summed E-state index contributed by atoms with van der Waals surface area (Å²) in [6.45, 7) is 3.57. The molecule has 0 saturated carbocycles. The quantitative estimate of drug-likeness (QED) is 0.696. The van der Waals surface area contributed by atoms with Crippen molar-refractivity contribution < 1.29 is 17.9 Å². The van der Waals surface area contributed by atoms with Crippen molar-refractivity contribution in [3.05, 3.63) is 24.3 Å². The molecular formula is C13H22N2O4S. The maximum atomic E-state index is 12.1. The van der Waals surface area contributed by atoms with Gasteiger partial charge in [0.2, 0.25) is 10.0 Å². The topological polar surface area (TPSA) is 90.6 Å². The summed E-state index contributed by atoms with van der Waals surface area (Å²) in [5.41, 5.74) is 5.33. The third-order valence-electron chi connectivity index (χ3n) is 2.59. The van der Waals surface area contributed by atoms with E-state index in [1.165, 1.54) is 12.1 Å². The van der Waals surface area contributed by atoms with E-state index in [2.05, 4.69) is 4.72 Å². The molecule has 1 atom stereocenters. The van der Waals surface area contributed by atoms with Crippen molar-refractivity contribution in [1.29, 1.82) is 0 Å². The van der Waals surface area contributed by atoms with Gasteiger partial charge in [0.25, 0.3) is 0 Å². The SMILES string of the molecule is COCC(C)CNS(=O)(=O)c1ccc(OCCN)cc1. The van der Waals surface area contributed by atoms with Gasteiger partial charge in [0.05, 0.1) is 4.90 Å². The highest BCUT2D eigenvalue weighted by molar-refractivity contribution is 7.89. The van der Waals surface area contributed by atoms with Gasteiger partial charge in [-0.25, -0.2) is 13.1 Å². The molecule has 0 spiro atoms. The van der Waals surface area contributed by atoms with Gasteiger partial charge in [0, 0.05) is 26.8 Å². The van der Waals surface area contributed by atoms with E-state index in [9.17, 15) is 8.42 Å². The molecule has 1 rings (SSSR count). The number of methoxy groups -OCH3 is 1. The highest BCUT2D eigenvalue weighted by atomic mass is 32.2. The Labute approximate surface area is 120 Å². The summed E-state index contributed by atoms with van der Waals surface area (Å²) in [5, 5.41) is 0. The molecule has 0 aliphatic heterocycles. The smallest absolute Gasteiger partial charge is 0.240 e. The highest BCUT2D eigenvalue weighted by Gasteiger charge is 2.15. The summed E-state index contributed by atoms with van der Waals surface area (Å²) >= 11 is 0. The fourth-order valence-electron chi connectivity index (χ4n) is 1.57. The van der Waals surface area contributed by atoms with E-state index in [1.54, 1.807) is 19.2 Å². The average molecular weight is 302 g/mol. The van der Waals surface area contributed by atoms with Crippen LogP contribution in [0.2, 0.25) is 0 Å². The third kappa shape index (κ3) is 5.46. The predicted octanol–water partition coefficient (Wildman–Crippen LogP) is 0.585. The average Bonchev–Trinajstić information content (AvgIpc) is 2.44. The minimum absolute atomic E-state index is 0.113. The summed E-state index contributed by atoms with van der Waals surface area (Å²) < 4.78 is 36.9. The Morgan fingerprint density at radius 1 is 1.30 bits per heavy atom. The fourth-order valence-corrected chi connectivity index (χ4v) is 2.74. The molecule has 0 aromatic heterocycles. The summed E-state index contributed by atoms with van der Waals surface area (Å²) in [5.74, 6) is 0.712. The van der Waals surface area contributed by atoms with E-state index >= 15 is 0 Å². The second-order valence-corrected chi connectivity index (χ2v) is 6.29. The number of sulfonamides is 1. The van der Waals surface area contributed by atoms with Gasteiger partial charge in [-0.05, 0) is 30.2 Å². The number of benzene rings is 1. The Hall–Kier alpha value is -1.15. The largest absolute Gasteiger partial charge is 0.492 e. The van der Waals surface area contributed by atoms with Crippen molar-refractivity contribution in [3.8, 4) is 5.75 Å². The predicted molar refractivity (Wildman–Crippen MR) is 77.2 cm³/mol. The molecule has 0 heterocycles. The Morgan fingerprint density at radius 3 is 2.50 bits per heavy atom. The third-order valence-corrected chi connectivity index (χ3v) is 4.03. The van der Waals surface area contributed by atoms with Crippen molar-refractivity contribution in [2.24, 2.45) is 11.7 Å². The van der Waals surface area contributed by atoms with Crippen LogP contribution in [-0.2, 0) is 14.8 Å². The zero-order valence-electron chi connectivity index (χ0n) is 11.8. The molecule has 0 aliphatic rings. The number of ether oxygens (including phenoxy) is 2. The first-order chi connectivity index (χ1) is 9.49. The molecule has 6 nitrogen and oxygen atoms in total. The summed E-state index contributed by atoms with van der Waals surface area (Å²) in [6.07, 6.45) is 0. The molecule has 0 bridgehead atoms. The fraction of sp³-hybridized carbons (Fsp3) is 0.538. The Bertz CT molecular complexity index is 488. The van der Waals surface area contributed by atoms with Gasteiger partial charge in [-0.2, -0.15) is 0 Å². The standard InChI is InChI=1S/C13H22N2O4S/c1-11(10-18-2)9-15-20(16,17)13-5-3-12(4-6-13)19-8-7-14/h3-6,11,15H,7-10,14H2,1-2H3. The molecule has 114 valence electrons. The van der Waals surface area contributed by atoms with Gasteiger partial charge in [0.15, 0.2) is 0 Å². The van der Waals surface area contributed by atoms with E-state index in [4.69, 9.17) is 15.2 Å². The molecule has 1 aromatic carbocycles. The van der Waals surface area contributed by atoms with Crippen molar-refractivity contribution in [2.75, 3.05) is 33.4 Å². The maximum Gasteiger partial charge on any atom is 0.240 e. The van der Waals surface area contributed by atoms with Crippen molar-refractivity contribution in [2.45, 2.75) is 11.8 Å². The first-order valence-corrected chi connectivity index (χ1v) is 7.89. The van der Waals surface area contributed by atoms with Gasteiger partial charge in [-0.3, -0.25) is 0 Å². The van der Waals surface area contributed by atoms with Crippen LogP contribution in [0.3, 0.4) is 0 Å². The Balaban J connectivity index is 2.63. The lowest BCUT2D eigenvalue weighted by atomic mass is 10.2. The van der Waals surface area contributed by atoms with Crippen LogP contribution < -0.4 is 15.2 Å². The van der Waals surface area contributed by atoms with Gasteiger partial charge in [-0.15, -0.1) is 0 Å². The van der Waals surface area contributed by atoms with E-state index in [0.29, 0.717) is 32.1 Å². The molecule has 0 aliphatic carbocycles. The van der Waals surface area contributed by atoms with Crippen LogP contribution in [0.25, 0.3) is 0 Å². The van der Waals surface area contributed by atoms with E-state index in [-0.39, 0.29) is 10.8 Å². The van der Waals surface area contributed by atoms with Crippen LogP contribution in [0.15, 0.2) is 29.2 Å². The molecule has 1 unspecified atom stereocenters. The Morgan fingerprint density at radius 2 is 1.95 bits per heavy atom. The first-order valence-electron chi connectivity index (χ1n) is 6.41. The second-order valence-electron chi connectivity index (χ2n) is 4.52. The van der Waals surface area contributed by atoms with Crippen molar-refractivity contribution in [1.82, 2.24) is 4.72 Å². The monoisotopic (exact) mass is 302 g/mol. The van der Waals surface area contributed by atoms with Crippen LogP contribution >= 0.6 is 0 Å². The molecule has 0 radical (unpaired) electrons. The van der Waals surface area contributed by atoms with Gasteiger partial charge in [0.1, 0.15) is 12.4 Å². The van der Waals surface area contributed by atoms with Crippen LogP contribution in [-0.4, -0.2) is 41.8 Å². The van der Waals surface area contributed by atoms with Gasteiger partial charge >= 0.3 is 0 Å². The summed E-state index contributed by atoms with van der Waals surface area (Å²) in [7, 11) is -1.91. The molecule has 0 fully saturated rings. The lowest BCUT2D eigenvalue weighted by Crippen LogP contribution is -2.30. The second kappa shape index (κ2) is 8.21. The van der Waals surface area contributed by atoms with Crippen LogP contribution in [0.4, 0.5) is 0 Å². The molecule has 3 N–H and O–H groups in total. The number of hydrogen-bond acceptors (Lipinski definition) is 5. The lowest BCUT2D eigenvalue weighted by Gasteiger charge is -2.12. The van der Waals surface area contributed by atoms with E-state index < -0.39 is 10.0 Å². The number of nitrogens with two attached hydrogens (primary N) is 1. The Kier molecular flexibility index (Phi) is 6.94. The van der Waals surface area contributed by atoms with E-state index in [0.717, 1.165) is 0 Å². The molecule has 1 aromatic rings. The number of nitrogens with one attached hydrogen (secondary N) is 1. The normalized spacial score (nSPS) is 13.2. The summed E-state index contributed by atoms with van der Waals surface area (Å²) in [4.78, 5) is 0.210. The van der Waals surface area contributed by atoms with Crippen LogP contribution in [0, 0.1) is 5.92 Å². The molecule has 7 heteroatoms. The van der Waals surface area contributed by atoms with Crippen molar-refractivity contribution in [3.63, 3.8) is 0 Å². The van der Waals surface area contributed by atoms with Gasteiger partial charge < -0.3 is 15.2 Å². The molecule has 0 saturated heterocycles. The minimum atomic E-state index is -3.50. The van der Waals surface area contributed by atoms with Crippen molar-refractivity contribution >= 4 is 10.0 Å². The van der Waals surface area contributed by atoms with Gasteiger partial charge in [-0.1, -0.05) is 6.92 Å². The highest BCUT2D eigenvalue weighted by Crippen LogP contribution is 2.15. The molecule has 20 heavy (non-hydrogen) atoms.